The third-order valence-corrected chi connectivity index (χ3v) is 4.62. The van der Waals surface area contributed by atoms with Crippen molar-refractivity contribution < 1.29 is 17.9 Å². The van der Waals surface area contributed by atoms with Crippen molar-refractivity contribution in [2.75, 3.05) is 19.7 Å². The van der Waals surface area contributed by atoms with Crippen molar-refractivity contribution in [1.29, 1.82) is 0 Å². The number of rotatable bonds is 4. The Morgan fingerprint density at radius 3 is 2.44 bits per heavy atom. The van der Waals surface area contributed by atoms with Crippen molar-refractivity contribution in [2.45, 2.75) is 24.7 Å². The highest BCUT2D eigenvalue weighted by molar-refractivity contribution is 7.86. The summed E-state index contributed by atoms with van der Waals surface area (Å²) >= 11 is 0. The molecule has 1 aliphatic rings. The van der Waals surface area contributed by atoms with Crippen molar-refractivity contribution in [1.82, 2.24) is 0 Å². The molecule has 100 valence electrons. The third kappa shape index (κ3) is 3.54. The van der Waals surface area contributed by atoms with Gasteiger partial charge in [0.2, 0.25) is 0 Å². The van der Waals surface area contributed by atoms with Gasteiger partial charge >= 0.3 is 0 Å². The van der Waals surface area contributed by atoms with Gasteiger partial charge in [-0.2, -0.15) is 8.42 Å². The lowest BCUT2D eigenvalue weighted by Gasteiger charge is -2.19. The molecule has 5 heteroatoms. The fourth-order valence-electron chi connectivity index (χ4n) is 2.12. The molecule has 1 saturated heterocycles. The normalized spacial score (nSPS) is 17.8. The van der Waals surface area contributed by atoms with Gasteiger partial charge in [0.25, 0.3) is 10.1 Å². The second-order valence-corrected chi connectivity index (χ2v) is 6.48. The van der Waals surface area contributed by atoms with E-state index in [0.717, 1.165) is 31.5 Å². The van der Waals surface area contributed by atoms with Crippen LogP contribution in [0.25, 0.3) is 0 Å². The van der Waals surface area contributed by atoms with E-state index >= 15 is 0 Å². The molecule has 1 aromatic rings. The highest BCUT2D eigenvalue weighted by Gasteiger charge is 2.21. The molecule has 0 amide bonds. The maximum atomic E-state index is 12.0. The molecule has 2 rings (SSSR count). The van der Waals surface area contributed by atoms with Crippen molar-refractivity contribution in [2.24, 2.45) is 5.92 Å². The number of aryl methyl sites for hydroxylation is 1. The Hall–Kier alpha value is -0.910. The van der Waals surface area contributed by atoms with Crippen molar-refractivity contribution in [3.05, 3.63) is 29.8 Å². The van der Waals surface area contributed by atoms with E-state index in [1.165, 1.54) is 0 Å². The van der Waals surface area contributed by atoms with E-state index in [0.29, 0.717) is 12.5 Å². The number of quaternary nitrogens is 1. The lowest BCUT2D eigenvalue weighted by Crippen LogP contribution is -2.86. The van der Waals surface area contributed by atoms with Crippen LogP contribution in [0.15, 0.2) is 29.2 Å². The standard InChI is InChI=1S/C13H19NO3S/c1-11-2-4-13(5-3-11)18(15,16)17-10-12-6-8-14-9-7-12/h2-5,12,14H,6-10H2,1H3/p+1. The van der Waals surface area contributed by atoms with Crippen LogP contribution < -0.4 is 5.32 Å². The summed E-state index contributed by atoms with van der Waals surface area (Å²) in [6.45, 7) is 4.37. The average Bonchev–Trinajstić information content (AvgIpc) is 2.38. The number of nitrogens with two attached hydrogens (primary N) is 1. The molecule has 1 heterocycles. The highest BCUT2D eigenvalue weighted by atomic mass is 32.2. The summed E-state index contributed by atoms with van der Waals surface area (Å²) < 4.78 is 29.1. The molecule has 0 radical (unpaired) electrons. The van der Waals surface area contributed by atoms with Crippen LogP contribution in [0, 0.1) is 12.8 Å². The van der Waals surface area contributed by atoms with Crippen LogP contribution in [0.4, 0.5) is 0 Å². The van der Waals surface area contributed by atoms with Gasteiger partial charge in [0, 0.05) is 12.8 Å². The molecule has 0 spiro atoms. The minimum atomic E-state index is -3.59. The predicted molar refractivity (Wildman–Crippen MR) is 68.7 cm³/mol. The Kier molecular flexibility index (Phi) is 4.37. The monoisotopic (exact) mass is 270 g/mol. The first-order valence-electron chi connectivity index (χ1n) is 6.36. The molecular formula is C13H20NO3S+. The zero-order valence-electron chi connectivity index (χ0n) is 10.6. The third-order valence-electron chi connectivity index (χ3n) is 3.33. The van der Waals surface area contributed by atoms with Crippen LogP contribution >= 0.6 is 0 Å². The van der Waals surface area contributed by atoms with Crippen LogP contribution in [0.1, 0.15) is 18.4 Å². The molecule has 0 aromatic heterocycles. The quantitative estimate of drug-likeness (QED) is 0.818. The summed E-state index contributed by atoms with van der Waals surface area (Å²) in [5, 5.41) is 2.25. The van der Waals surface area contributed by atoms with E-state index < -0.39 is 10.1 Å². The minimum absolute atomic E-state index is 0.246. The molecule has 0 aliphatic carbocycles. The molecular weight excluding hydrogens is 250 g/mol. The molecule has 4 nitrogen and oxygen atoms in total. The number of hydrogen-bond donors (Lipinski definition) is 1. The lowest BCUT2D eigenvalue weighted by atomic mass is 10.00. The van der Waals surface area contributed by atoms with Crippen LogP contribution in [-0.4, -0.2) is 28.1 Å². The Bertz CT molecular complexity index is 475. The van der Waals surface area contributed by atoms with E-state index in [9.17, 15) is 8.42 Å². The Labute approximate surface area is 108 Å². The van der Waals surface area contributed by atoms with E-state index in [2.05, 4.69) is 5.32 Å². The number of piperidine rings is 1. The predicted octanol–water partition coefficient (Wildman–Crippen LogP) is 0.674. The van der Waals surface area contributed by atoms with Crippen molar-refractivity contribution >= 4 is 10.1 Å². The highest BCUT2D eigenvalue weighted by Crippen LogP contribution is 2.16. The summed E-state index contributed by atoms with van der Waals surface area (Å²) in [5.74, 6) is 0.371. The summed E-state index contributed by atoms with van der Waals surface area (Å²) in [7, 11) is -3.59. The summed E-state index contributed by atoms with van der Waals surface area (Å²) in [6, 6.07) is 6.76. The van der Waals surface area contributed by atoms with Crippen LogP contribution in [0.3, 0.4) is 0 Å². The first-order valence-corrected chi connectivity index (χ1v) is 7.76. The molecule has 1 aliphatic heterocycles. The molecule has 2 N–H and O–H groups in total. The topological polar surface area (TPSA) is 60.0 Å². The Balaban J connectivity index is 1.96. The number of benzene rings is 1. The van der Waals surface area contributed by atoms with Crippen molar-refractivity contribution in [3.8, 4) is 0 Å². The van der Waals surface area contributed by atoms with Gasteiger partial charge in [0.05, 0.1) is 24.6 Å². The molecule has 0 saturated carbocycles. The molecule has 0 bridgehead atoms. The van der Waals surface area contributed by atoms with E-state index in [1.54, 1.807) is 24.3 Å². The van der Waals surface area contributed by atoms with E-state index in [1.807, 2.05) is 6.92 Å². The van der Waals surface area contributed by atoms with Gasteiger partial charge in [-0.1, -0.05) is 17.7 Å². The second kappa shape index (κ2) is 5.82. The Morgan fingerprint density at radius 1 is 1.22 bits per heavy atom. The summed E-state index contributed by atoms with van der Waals surface area (Å²) in [6.07, 6.45) is 2.06. The maximum absolute atomic E-state index is 12.0. The molecule has 1 fully saturated rings. The molecule has 0 unspecified atom stereocenters. The largest absolute Gasteiger partial charge is 0.346 e. The van der Waals surface area contributed by atoms with Crippen LogP contribution in [-0.2, 0) is 14.3 Å². The Morgan fingerprint density at radius 2 is 1.83 bits per heavy atom. The fourth-order valence-corrected chi connectivity index (χ4v) is 3.10. The second-order valence-electron chi connectivity index (χ2n) is 4.86. The average molecular weight is 270 g/mol. The van der Waals surface area contributed by atoms with Crippen LogP contribution in [0.5, 0.6) is 0 Å². The zero-order valence-corrected chi connectivity index (χ0v) is 11.4. The molecule has 0 atom stereocenters. The van der Waals surface area contributed by atoms with Crippen molar-refractivity contribution in [3.63, 3.8) is 0 Å². The fraction of sp³-hybridized carbons (Fsp3) is 0.538. The molecule has 1 aromatic carbocycles. The smallest absolute Gasteiger partial charge is 0.296 e. The first-order chi connectivity index (χ1) is 8.58. The number of hydrogen-bond acceptors (Lipinski definition) is 3. The van der Waals surface area contributed by atoms with E-state index in [4.69, 9.17) is 4.18 Å². The summed E-state index contributed by atoms with van der Waals surface area (Å²) in [4.78, 5) is 0.246. The zero-order chi connectivity index (χ0) is 13.0. The van der Waals surface area contributed by atoms with Gasteiger partial charge in [0.1, 0.15) is 0 Å². The lowest BCUT2D eigenvalue weighted by molar-refractivity contribution is -0.664. The maximum Gasteiger partial charge on any atom is 0.296 e. The van der Waals surface area contributed by atoms with Gasteiger partial charge in [-0.05, 0) is 25.0 Å². The first kappa shape index (κ1) is 13.5. The molecule has 18 heavy (non-hydrogen) atoms. The minimum Gasteiger partial charge on any atom is -0.346 e. The van der Waals surface area contributed by atoms with Crippen LogP contribution in [0.2, 0.25) is 0 Å². The van der Waals surface area contributed by atoms with Gasteiger partial charge in [-0.25, -0.2) is 0 Å². The summed E-state index contributed by atoms with van der Waals surface area (Å²) in [5.41, 5.74) is 1.04. The van der Waals surface area contributed by atoms with E-state index in [-0.39, 0.29) is 4.90 Å². The van der Waals surface area contributed by atoms with Gasteiger partial charge < -0.3 is 5.32 Å². The SMILES string of the molecule is Cc1ccc(S(=O)(=O)OCC2CC[NH2+]CC2)cc1. The van der Waals surface area contributed by atoms with Gasteiger partial charge in [-0.3, -0.25) is 4.18 Å². The van der Waals surface area contributed by atoms with Gasteiger partial charge in [-0.15, -0.1) is 0 Å². The van der Waals surface area contributed by atoms with Gasteiger partial charge in [0.15, 0.2) is 0 Å².